The predicted molar refractivity (Wildman–Crippen MR) is 125 cm³/mol. The molecule has 0 unspecified atom stereocenters. The molecular formula is C25H33ClN2O2. The third-order valence-corrected chi connectivity index (χ3v) is 5.09. The molecule has 4 nitrogen and oxygen atoms in total. The molecule has 0 radical (unpaired) electrons. The van der Waals surface area contributed by atoms with Gasteiger partial charge in [-0.05, 0) is 38.5 Å². The van der Waals surface area contributed by atoms with Crippen LogP contribution >= 0.6 is 11.6 Å². The van der Waals surface area contributed by atoms with Gasteiger partial charge in [-0.1, -0.05) is 60.2 Å². The quantitative estimate of drug-likeness (QED) is 0.300. The number of hydrogen-bond donors (Lipinski definition) is 0. The van der Waals surface area contributed by atoms with Crippen LogP contribution in [0.5, 0.6) is 0 Å². The number of ketones is 1. The Morgan fingerprint density at radius 2 is 1.77 bits per heavy atom. The van der Waals surface area contributed by atoms with Crippen molar-refractivity contribution in [2.24, 2.45) is 0 Å². The van der Waals surface area contributed by atoms with E-state index in [0.29, 0.717) is 5.76 Å². The van der Waals surface area contributed by atoms with Crippen molar-refractivity contribution in [3.05, 3.63) is 82.8 Å². The van der Waals surface area contributed by atoms with E-state index in [1.54, 1.807) is 6.92 Å². The van der Waals surface area contributed by atoms with Crippen LogP contribution in [0.4, 0.5) is 0 Å². The van der Waals surface area contributed by atoms with Gasteiger partial charge in [-0.3, -0.25) is 9.69 Å². The van der Waals surface area contributed by atoms with E-state index in [1.165, 1.54) is 0 Å². The molecule has 0 aromatic heterocycles. The fourth-order valence-electron chi connectivity index (χ4n) is 3.27. The van der Waals surface area contributed by atoms with E-state index >= 15 is 0 Å². The molecule has 162 valence electrons. The minimum Gasteiger partial charge on any atom is -0.485 e. The van der Waals surface area contributed by atoms with Crippen molar-refractivity contribution in [1.29, 1.82) is 0 Å². The molecule has 30 heavy (non-hydrogen) atoms. The summed E-state index contributed by atoms with van der Waals surface area (Å²) in [6, 6.07) is 7.97. The normalized spacial score (nSPS) is 16.4. The monoisotopic (exact) mass is 428 g/mol. The molecule has 1 aromatic rings. The number of rotatable bonds is 9. The first-order valence-electron chi connectivity index (χ1n) is 10.4. The Kier molecular flexibility index (Phi) is 9.41. The fourth-order valence-corrected chi connectivity index (χ4v) is 3.46. The Bertz CT molecular complexity index is 831. The van der Waals surface area contributed by atoms with Crippen LogP contribution in [0.15, 0.2) is 72.2 Å². The second-order valence-electron chi connectivity index (χ2n) is 7.86. The molecular weight excluding hydrogens is 396 g/mol. The first-order valence-corrected chi connectivity index (χ1v) is 10.8. The maximum absolute atomic E-state index is 12.3. The van der Waals surface area contributed by atoms with Crippen LogP contribution < -0.4 is 0 Å². The van der Waals surface area contributed by atoms with Gasteiger partial charge < -0.3 is 9.64 Å². The van der Waals surface area contributed by atoms with Gasteiger partial charge in [0.2, 0.25) is 0 Å². The molecule has 0 atom stereocenters. The van der Waals surface area contributed by atoms with Crippen molar-refractivity contribution in [1.82, 2.24) is 9.80 Å². The zero-order chi connectivity index (χ0) is 22.1. The van der Waals surface area contributed by atoms with Crippen LogP contribution in [0.25, 0.3) is 0 Å². The van der Waals surface area contributed by atoms with Crippen molar-refractivity contribution < 1.29 is 9.53 Å². The summed E-state index contributed by atoms with van der Waals surface area (Å²) in [5.41, 5.74) is 2.95. The number of allylic oxidation sites excluding steroid dienone is 6. The molecule has 1 heterocycles. The number of Topliss-reactive ketones (excluding diaryl/α,β-unsaturated/α-hetero) is 1. The Morgan fingerprint density at radius 3 is 2.33 bits per heavy atom. The summed E-state index contributed by atoms with van der Waals surface area (Å²) in [4.78, 5) is 17.0. The molecule has 0 N–H and O–H groups in total. The van der Waals surface area contributed by atoms with E-state index in [0.717, 1.165) is 54.6 Å². The Labute approximate surface area is 186 Å². The smallest absolute Gasteiger partial charge is 0.196 e. The highest BCUT2D eigenvalue weighted by Crippen LogP contribution is 2.21. The average Bonchev–Trinajstić information content (AvgIpc) is 2.69. The molecule has 2 rings (SSSR count). The lowest BCUT2D eigenvalue weighted by Gasteiger charge is -2.37. The maximum Gasteiger partial charge on any atom is 0.196 e. The molecule has 0 aliphatic carbocycles. The van der Waals surface area contributed by atoms with Gasteiger partial charge in [0.1, 0.15) is 0 Å². The second kappa shape index (κ2) is 11.8. The summed E-state index contributed by atoms with van der Waals surface area (Å²) < 4.78 is 5.91. The number of piperazine rings is 1. The van der Waals surface area contributed by atoms with Gasteiger partial charge in [0.05, 0.1) is 11.8 Å². The Morgan fingerprint density at radius 1 is 1.13 bits per heavy atom. The molecule has 1 saturated heterocycles. The van der Waals surface area contributed by atoms with Crippen molar-refractivity contribution in [2.75, 3.05) is 26.2 Å². The fraction of sp³-hybridized carbons (Fsp3) is 0.400. The van der Waals surface area contributed by atoms with E-state index in [1.807, 2.05) is 63.3 Å². The number of ether oxygens (including phenoxy) is 1. The van der Waals surface area contributed by atoms with Gasteiger partial charge in [0.15, 0.2) is 11.5 Å². The first kappa shape index (κ1) is 24.0. The van der Waals surface area contributed by atoms with Gasteiger partial charge in [-0.25, -0.2) is 0 Å². The van der Waals surface area contributed by atoms with E-state index in [4.69, 9.17) is 16.3 Å². The summed E-state index contributed by atoms with van der Waals surface area (Å²) in [6.45, 7) is 15.5. The van der Waals surface area contributed by atoms with Crippen LogP contribution in [0.2, 0.25) is 5.02 Å². The number of carbonyl (C=O) groups excluding carboxylic acids is 1. The van der Waals surface area contributed by atoms with Crippen LogP contribution in [-0.2, 0) is 16.1 Å². The summed E-state index contributed by atoms with van der Waals surface area (Å²) in [7, 11) is 0. The van der Waals surface area contributed by atoms with E-state index in [9.17, 15) is 4.79 Å². The highest BCUT2D eigenvalue weighted by molar-refractivity contribution is 6.31. The molecule has 1 aliphatic heterocycles. The molecule has 1 aromatic carbocycles. The lowest BCUT2D eigenvalue weighted by atomic mass is 10.1. The average molecular weight is 429 g/mol. The summed E-state index contributed by atoms with van der Waals surface area (Å²) >= 11 is 6.32. The minimum absolute atomic E-state index is 0.0641. The zero-order valence-corrected chi connectivity index (χ0v) is 19.3. The highest BCUT2D eigenvalue weighted by Gasteiger charge is 2.23. The molecule has 1 aliphatic rings. The van der Waals surface area contributed by atoms with Crippen molar-refractivity contribution in [2.45, 2.75) is 40.3 Å². The molecule has 0 bridgehead atoms. The van der Waals surface area contributed by atoms with Crippen LogP contribution in [-0.4, -0.2) is 47.9 Å². The van der Waals surface area contributed by atoms with E-state index in [-0.39, 0.29) is 11.9 Å². The van der Waals surface area contributed by atoms with Gasteiger partial charge in [-0.15, -0.1) is 0 Å². The molecule has 1 fully saturated rings. The van der Waals surface area contributed by atoms with Gasteiger partial charge >= 0.3 is 0 Å². The second-order valence-corrected chi connectivity index (χ2v) is 8.26. The summed E-state index contributed by atoms with van der Waals surface area (Å²) in [6.07, 6.45) is 7.70. The summed E-state index contributed by atoms with van der Waals surface area (Å²) in [5, 5.41) is 0.803. The number of nitrogens with zero attached hydrogens (tertiary/aromatic N) is 2. The molecule has 0 spiro atoms. The van der Waals surface area contributed by atoms with Gasteiger partial charge in [0, 0.05) is 44.7 Å². The highest BCUT2D eigenvalue weighted by atomic mass is 35.5. The number of carbonyl (C=O) groups is 1. The summed E-state index contributed by atoms with van der Waals surface area (Å²) in [5.74, 6) is 0.357. The Balaban J connectivity index is 2.17. The molecule has 5 heteroatoms. The first-order chi connectivity index (χ1) is 14.3. The third kappa shape index (κ3) is 7.51. The van der Waals surface area contributed by atoms with Crippen LogP contribution in [0.1, 0.15) is 33.3 Å². The number of hydrogen-bond acceptors (Lipinski definition) is 4. The van der Waals surface area contributed by atoms with Gasteiger partial charge in [0.25, 0.3) is 0 Å². The largest absolute Gasteiger partial charge is 0.485 e. The molecule has 0 amide bonds. The predicted octanol–water partition coefficient (Wildman–Crippen LogP) is 5.37. The van der Waals surface area contributed by atoms with E-state index in [2.05, 4.69) is 22.4 Å². The van der Waals surface area contributed by atoms with Crippen molar-refractivity contribution in [3.63, 3.8) is 0 Å². The van der Waals surface area contributed by atoms with Crippen molar-refractivity contribution >= 4 is 17.4 Å². The van der Waals surface area contributed by atoms with Crippen molar-refractivity contribution in [3.8, 4) is 0 Å². The minimum atomic E-state index is -0.0697. The number of halogens is 1. The van der Waals surface area contributed by atoms with Crippen LogP contribution in [0, 0.1) is 0 Å². The lowest BCUT2D eigenvalue weighted by molar-refractivity contribution is -0.117. The molecule has 0 saturated carbocycles. The third-order valence-electron chi connectivity index (χ3n) is 4.72. The standard InChI is InChI=1S/C25H33ClN2O2/c1-19(2)10-6-9-13-24(25(21(5)29)30-20(3)4)28-16-14-27(15-17-28)18-22-11-7-8-12-23(22)26/h6-13,20H,1,14-18H2,2-5H3/b10-6+,13-9+,25-24-. The van der Waals surface area contributed by atoms with Gasteiger partial charge in [-0.2, -0.15) is 0 Å². The topological polar surface area (TPSA) is 32.8 Å². The van der Waals surface area contributed by atoms with E-state index < -0.39 is 0 Å². The maximum atomic E-state index is 12.3. The lowest BCUT2D eigenvalue weighted by Crippen LogP contribution is -2.45. The number of benzene rings is 1. The Hall–Kier alpha value is -2.30. The SMILES string of the molecule is C=C(C)/C=C/C=C/C(=C(/OC(C)C)C(C)=O)N1CCN(Cc2ccccc2Cl)CC1. The van der Waals surface area contributed by atoms with Crippen LogP contribution in [0.3, 0.4) is 0 Å². The zero-order valence-electron chi connectivity index (χ0n) is 18.5.